The molecule has 0 amide bonds. The Morgan fingerprint density at radius 2 is 2.06 bits per heavy atom. The van der Waals surface area contributed by atoms with Crippen LogP contribution in [0.5, 0.6) is 0 Å². The van der Waals surface area contributed by atoms with Crippen LogP contribution < -0.4 is 11.3 Å². The molecule has 1 aliphatic rings. The van der Waals surface area contributed by atoms with E-state index in [0.29, 0.717) is 5.82 Å². The van der Waals surface area contributed by atoms with Crippen molar-refractivity contribution in [1.29, 1.82) is 0 Å². The van der Waals surface area contributed by atoms with Crippen LogP contribution in [0.15, 0.2) is 6.07 Å². The number of rotatable bonds is 3. The van der Waals surface area contributed by atoms with Gasteiger partial charge in [-0.25, -0.2) is 15.8 Å². The number of aromatic nitrogens is 2. The van der Waals surface area contributed by atoms with Crippen LogP contribution >= 0.6 is 0 Å². The molecule has 1 aliphatic carbocycles. The van der Waals surface area contributed by atoms with Crippen molar-refractivity contribution >= 4 is 5.82 Å². The monoisotopic (exact) mass is 250 g/mol. The van der Waals surface area contributed by atoms with Crippen LogP contribution in [0.2, 0.25) is 0 Å². The van der Waals surface area contributed by atoms with E-state index < -0.39 is 0 Å². The molecule has 5 nitrogen and oxygen atoms in total. The van der Waals surface area contributed by atoms with E-state index in [4.69, 9.17) is 10.6 Å². The number of ether oxygens (including phenoxy) is 1. The predicted octanol–water partition coefficient (Wildman–Crippen LogP) is 2.12. The molecule has 0 spiro atoms. The molecule has 1 fully saturated rings. The smallest absolute Gasteiger partial charge is 0.162 e. The molecule has 1 aromatic rings. The molecular formula is C13H22N4O. The Labute approximate surface area is 108 Å². The quantitative estimate of drug-likeness (QED) is 0.635. The van der Waals surface area contributed by atoms with E-state index in [9.17, 15) is 0 Å². The van der Waals surface area contributed by atoms with Crippen molar-refractivity contribution in [1.82, 2.24) is 9.97 Å². The van der Waals surface area contributed by atoms with E-state index in [1.54, 1.807) is 7.11 Å². The van der Waals surface area contributed by atoms with Gasteiger partial charge in [0.2, 0.25) is 0 Å². The molecule has 1 saturated carbocycles. The summed E-state index contributed by atoms with van der Waals surface area (Å²) in [7, 11) is 1.75. The zero-order valence-corrected chi connectivity index (χ0v) is 11.4. The maximum Gasteiger partial charge on any atom is 0.162 e. The molecule has 5 heteroatoms. The van der Waals surface area contributed by atoms with Gasteiger partial charge in [-0.2, -0.15) is 0 Å². The molecule has 0 saturated heterocycles. The van der Waals surface area contributed by atoms with Crippen molar-refractivity contribution < 1.29 is 4.74 Å². The van der Waals surface area contributed by atoms with Crippen molar-refractivity contribution in [2.24, 2.45) is 11.8 Å². The van der Waals surface area contributed by atoms with Gasteiger partial charge in [0.25, 0.3) is 0 Å². The molecule has 100 valence electrons. The van der Waals surface area contributed by atoms with Gasteiger partial charge < -0.3 is 10.2 Å². The van der Waals surface area contributed by atoms with Crippen LogP contribution in [-0.4, -0.2) is 17.1 Å². The van der Waals surface area contributed by atoms with E-state index >= 15 is 0 Å². The minimum absolute atomic E-state index is 0.343. The number of nitrogens with zero attached hydrogens (tertiary/aromatic N) is 2. The summed E-state index contributed by atoms with van der Waals surface area (Å²) >= 11 is 0. The van der Waals surface area contributed by atoms with Crippen molar-refractivity contribution in [3.8, 4) is 0 Å². The van der Waals surface area contributed by atoms with Gasteiger partial charge in [0.15, 0.2) is 5.82 Å². The second-order valence-corrected chi connectivity index (χ2v) is 5.24. The summed E-state index contributed by atoms with van der Waals surface area (Å²) in [5.41, 5.74) is 3.15. The highest BCUT2D eigenvalue weighted by atomic mass is 16.5. The number of nitrogens with two attached hydrogens (primary N) is 1. The minimum atomic E-state index is -0.343. The van der Waals surface area contributed by atoms with Crippen molar-refractivity contribution in [3.63, 3.8) is 0 Å². The van der Waals surface area contributed by atoms with Gasteiger partial charge in [-0.15, -0.1) is 0 Å². The van der Waals surface area contributed by atoms with Crippen LogP contribution in [-0.2, 0) is 10.3 Å². The number of anilines is 1. The Morgan fingerprint density at radius 3 is 2.61 bits per heavy atom. The topological polar surface area (TPSA) is 73.1 Å². The van der Waals surface area contributed by atoms with Gasteiger partial charge in [-0.3, -0.25) is 0 Å². The highest BCUT2D eigenvalue weighted by molar-refractivity contribution is 5.35. The van der Waals surface area contributed by atoms with Gasteiger partial charge in [0, 0.05) is 18.9 Å². The normalized spacial score (nSPS) is 28.1. The molecule has 18 heavy (non-hydrogen) atoms. The van der Waals surface area contributed by atoms with Crippen LogP contribution in [0.3, 0.4) is 0 Å². The molecular weight excluding hydrogens is 228 g/mol. The molecule has 0 unspecified atom stereocenters. The second kappa shape index (κ2) is 5.20. The Hall–Kier alpha value is -1.20. The third-order valence-corrected chi connectivity index (χ3v) is 3.88. The van der Waals surface area contributed by atoms with Crippen LogP contribution in [0.1, 0.15) is 44.1 Å². The largest absolute Gasteiger partial charge is 0.370 e. The number of aryl methyl sites for hydroxylation is 1. The van der Waals surface area contributed by atoms with Crippen molar-refractivity contribution in [2.45, 2.75) is 45.1 Å². The van der Waals surface area contributed by atoms with Crippen molar-refractivity contribution in [2.75, 3.05) is 12.5 Å². The fraction of sp³-hybridized carbons (Fsp3) is 0.692. The van der Waals surface area contributed by atoms with Crippen LogP contribution in [0, 0.1) is 12.8 Å². The summed E-state index contributed by atoms with van der Waals surface area (Å²) in [6, 6.07) is 1.83. The zero-order valence-electron chi connectivity index (χ0n) is 11.4. The Balaban J connectivity index is 2.35. The summed E-state index contributed by atoms with van der Waals surface area (Å²) in [5.74, 6) is 7.60. The lowest BCUT2D eigenvalue weighted by Gasteiger charge is -2.37. The van der Waals surface area contributed by atoms with Gasteiger partial charge >= 0.3 is 0 Å². The number of nitrogen functional groups attached to an aromatic ring is 1. The molecule has 3 N–H and O–H groups in total. The maximum absolute atomic E-state index is 5.77. The van der Waals surface area contributed by atoms with E-state index in [0.717, 1.165) is 43.1 Å². The first-order valence-corrected chi connectivity index (χ1v) is 6.47. The van der Waals surface area contributed by atoms with Crippen molar-refractivity contribution in [3.05, 3.63) is 17.6 Å². The van der Waals surface area contributed by atoms with E-state index in [2.05, 4.69) is 22.3 Å². The first-order valence-electron chi connectivity index (χ1n) is 6.47. The molecule has 0 aromatic carbocycles. The summed E-state index contributed by atoms with van der Waals surface area (Å²) in [6.07, 6.45) is 4.24. The fourth-order valence-electron chi connectivity index (χ4n) is 2.59. The molecule has 2 rings (SSSR count). The molecule has 1 aromatic heterocycles. The molecule has 0 bridgehead atoms. The third kappa shape index (κ3) is 2.47. The molecule has 0 atom stereocenters. The van der Waals surface area contributed by atoms with Gasteiger partial charge in [-0.05, 0) is 38.5 Å². The first-order chi connectivity index (χ1) is 8.59. The molecule has 1 heterocycles. The lowest BCUT2D eigenvalue weighted by atomic mass is 9.79. The Morgan fingerprint density at radius 1 is 1.39 bits per heavy atom. The van der Waals surface area contributed by atoms with Gasteiger partial charge in [0.1, 0.15) is 11.4 Å². The summed E-state index contributed by atoms with van der Waals surface area (Å²) < 4.78 is 5.77. The number of hydrazine groups is 1. The fourth-order valence-corrected chi connectivity index (χ4v) is 2.59. The van der Waals surface area contributed by atoms with Gasteiger partial charge in [-0.1, -0.05) is 6.92 Å². The Kier molecular flexibility index (Phi) is 3.82. The first kappa shape index (κ1) is 13.2. The second-order valence-electron chi connectivity index (χ2n) is 5.24. The number of hydrogen-bond acceptors (Lipinski definition) is 5. The SMILES string of the molecule is COC1(c2nc(C)cc(NN)n2)CCC(C)CC1. The molecule has 0 aliphatic heterocycles. The number of nitrogens with one attached hydrogen (secondary N) is 1. The average molecular weight is 250 g/mol. The lowest BCUT2D eigenvalue weighted by Crippen LogP contribution is -2.35. The highest BCUT2D eigenvalue weighted by Gasteiger charge is 2.38. The summed E-state index contributed by atoms with van der Waals surface area (Å²) in [5, 5.41) is 0. The Bertz CT molecular complexity index is 413. The summed E-state index contributed by atoms with van der Waals surface area (Å²) in [4.78, 5) is 9.01. The highest BCUT2D eigenvalue weighted by Crippen LogP contribution is 2.40. The van der Waals surface area contributed by atoms with E-state index in [-0.39, 0.29) is 5.60 Å². The van der Waals surface area contributed by atoms with Gasteiger partial charge in [0.05, 0.1) is 0 Å². The third-order valence-electron chi connectivity index (χ3n) is 3.88. The van der Waals surface area contributed by atoms with E-state index in [1.165, 1.54) is 0 Å². The zero-order chi connectivity index (χ0) is 13.2. The van der Waals surface area contributed by atoms with Crippen LogP contribution in [0.4, 0.5) is 5.82 Å². The predicted molar refractivity (Wildman–Crippen MR) is 70.9 cm³/mol. The summed E-state index contributed by atoms with van der Waals surface area (Å²) in [6.45, 7) is 4.23. The lowest BCUT2D eigenvalue weighted by molar-refractivity contribution is -0.0597. The number of methoxy groups -OCH3 is 1. The standard InChI is InChI=1S/C13H22N4O/c1-9-4-6-13(18-3,7-5-9)12-15-10(2)8-11(16-12)17-14/h8-9H,4-7,14H2,1-3H3,(H,15,16,17). The number of hydrogen-bond donors (Lipinski definition) is 2. The maximum atomic E-state index is 5.77. The average Bonchev–Trinajstić information content (AvgIpc) is 2.39. The molecule has 0 radical (unpaired) electrons. The van der Waals surface area contributed by atoms with Crippen LogP contribution in [0.25, 0.3) is 0 Å². The van der Waals surface area contributed by atoms with E-state index in [1.807, 2.05) is 13.0 Å². The minimum Gasteiger partial charge on any atom is -0.370 e.